The van der Waals surface area contributed by atoms with E-state index in [1.54, 1.807) is 45.9 Å². The van der Waals surface area contributed by atoms with E-state index in [1.165, 1.54) is 0 Å². The van der Waals surface area contributed by atoms with Crippen LogP contribution >= 0.6 is 0 Å². The Balaban J connectivity index is 1.92. The molecule has 0 aliphatic heterocycles. The van der Waals surface area contributed by atoms with Gasteiger partial charge in [-0.25, -0.2) is 9.59 Å². The average Bonchev–Trinajstić information content (AvgIpc) is 3.16. The molecule has 0 bridgehead atoms. The van der Waals surface area contributed by atoms with Crippen molar-refractivity contribution < 1.29 is 28.6 Å². The van der Waals surface area contributed by atoms with Crippen LogP contribution < -0.4 is 9.47 Å². The fourth-order valence-corrected chi connectivity index (χ4v) is 3.38. The number of esters is 3. The van der Waals surface area contributed by atoms with E-state index in [2.05, 4.69) is 13.2 Å². The lowest BCUT2D eigenvalue weighted by atomic mass is 9.99. The monoisotopic (exact) mass is 448 g/mol. The summed E-state index contributed by atoms with van der Waals surface area (Å²) in [6, 6.07) is 11.0. The Bertz CT molecular complexity index is 1140. The number of hydrogen-bond acceptors (Lipinski definition) is 6. The van der Waals surface area contributed by atoms with Crippen LogP contribution in [0.2, 0.25) is 0 Å². The Morgan fingerprint density at radius 3 is 2.15 bits per heavy atom. The molecular formula is C27H28O6. The zero-order chi connectivity index (χ0) is 24.3. The number of rotatable bonds is 7. The summed E-state index contributed by atoms with van der Waals surface area (Å²) in [5.41, 5.74) is 4.35. The van der Waals surface area contributed by atoms with Crippen molar-refractivity contribution in [3.05, 3.63) is 71.8 Å². The lowest BCUT2D eigenvalue weighted by Crippen LogP contribution is -2.16. The van der Waals surface area contributed by atoms with Gasteiger partial charge in [-0.1, -0.05) is 51.3 Å². The van der Waals surface area contributed by atoms with E-state index < -0.39 is 17.9 Å². The van der Waals surface area contributed by atoms with Gasteiger partial charge in [-0.15, -0.1) is 0 Å². The summed E-state index contributed by atoms with van der Waals surface area (Å²) in [6.07, 6.45) is 1.20. The van der Waals surface area contributed by atoms with Gasteiger partial charge < -0.3 is 14.2 Å². The zero-order valence-corrected chi connectivity index (χ0v) is 19.4. The second-order valence-corrected chi connectivity index (χ2v) is 8.53. The maximum atomic E-state index is 12.1. The number of benzene rings is 2. The fraction of sp³-hybridized carbons (Fsp3) is 0.296. The third kappa shape index (κ3) is 5.58. The molecule has 0 saturated carbocycles. The van der Waals surface area contributed by atoms with Crippen molar-refractivity contribution in [2.75, 3.05) is 0 Å². The largest absolute Gasteiger partial charge is 0.454 e. The summed E-state index contributed by atoms with van der Waals surface area (Å²) in [5.74, 6) is -1.46. The van der Waals surface area contributed by atoms with Crippen LogP contribution in [0.1, 0.15) is 51.3 Å². The number of fused-ring (bicyclic) bond motifs is 1. The van der Waals surface area contributed by atoms with Crippen molar-refractivity contribution in [3.8, 4) is 22.6 Å². The SMILES string of the molecule is C=C(C)C(=O)Oc1cc(-c2ccc3c(c2)CCC3OC(=O)C(=C)C)ccc1OC(=O)C(C)C. The first kappa shape index (κ1) is 24.0. The van der Waals surface area contributed by atoms with Gasteiger partial charge in [0.25, 0.3) is 0 Å². The average molecular weight is 449 g/mol. The van der Waals surface area contributed by atoms with Crippen LogP contribution in [-0.2, 0) is 25.5 Å². The van der Waals surface area contributed by atoms with Crippen molar-refractivity contribution >= 4 is 17.9 Å². The molecule has 0 amide bonds. The van der Waals surface area contributed by atoms with Gasteiger partial charge in [-0.2, -0.15) is 0 Å². The van der Waals surface area contributed by atoms with Crippen LogP contribution in [0.15, 0.2) is 60.7 Å². The van der Waals surface area contributed by atoms with E-state index in [0.29, 0.717) is 12.0 Å². The first-order valence-corrected chi connectivity index (χ1v) is 10.8. The van der Waals surface area contributed by atoms with Gasteiger partial charge in [0.15, 0.2) is 11.5 Å². The summed E-state index contributed by atoms with van der Waals surface area (Å²) in [4.78, 5) is 36.2. The normalized spacial score (nSPS) is 14.4. The minimum atomic E-state index is -0.606. The first-order chi connectivity index (χ1) is 15.6. The Morgan fingerprint density at radius 2 is 1.52 bits per heavy atom. The maximum absolute atomic E-state index is 12.1. The summed E-state index contributed by atoms with van der Waals surface area (Å²) in [5, 5.41) is 0. The minimum absolute atomic E-state index is 0.142. The van der Waals surface area contributed by atoms with Gasteiger partial charge in [-0.05, 0) is 61.1 Å². The molecule has 3 rings (SSSR count). The van der Waals surface area contributed by atoms with E-state index in [0.717, 1.165) is 28.7 Å². The van der Waals surface area contributed by atoms with Gasteiger partial charge in [0.1, 0.15) is 6.10 Å². The summed E-state index contributed by atoms with van der Waals surface area (Å²) in [7, 11) is 0. The number of carbonyl (C=O) groups is 3. The highest BCUT2D eigenvalue weighted by Crippen LogP contribution is 2.39. The molecular weight excluding hydrogens is 420 g/mol. The lowest BCUT2D eigenvalue weighted by Gasteiger charge is -2.15. The molecule has 0 aromatic heterocycles. The maximum Gasteiger partial charge on any atom is 0.338 e. The third-order valence-electron chi connectivity index (χ3n) is 5.27. The number of aryl methyl sites for hydroxylation is 1. The summed E-state index contributed by atoms with van der Waals surface area (Å²) < 4.78 is 16.4. The van der Waals surface area contributed by atoms with Crippen molar-refractivity contribution in [2.45, 2.75) is 46.6 Å². The molecule has 0 saturated heterocycles. The highest BCUT2D eigenvalue weighted by molar-refractivity contribution is 5.90. The van der Waals surface area contributed by atoms with E-state index in [9.17, 15) is 14.4 Å². The van der Waals surface area contributed by atoms with Gasteiger partial charge in [-0.3, -0.25) is 4.79 Å². The van der Waals surface area contributed by atoms with Crippen LogP contribution in [0.4, 0.5) is 0 Å². The van der Waals surface area contributed by atoms with Crippen molar-refractivity contribution in [2.24, 2.45) is 5.92 Å². The molecule has 6 heteroatoms. The molecule has 0 radical (unpaired) electrons. The quantitative estimate of drug-likeness (QED) is 0.316. The molecule has 0 heterocycles. The minimum Gasteiger partial charge on any atom is -0.454 e. The summed E-state index contributed by atoms with van der Waals surface area (Å²) in [6.45, 7) is 13.9. The Morgan fingerprint density at radius 1 is 0.879 bits per heavy atom. The molecule has 1 unspecified atom stereocenters. The zero-order valence-electron chi connectivity index (χ0n) is 19.4. The predicted octanol–water partition coefficient (Wildman–Crippen LogP) is 5.50. The number of hydrogen-bond donors (Lipinski definition) is 0. The predicted molar refractivity (Wildman–Crippen MR) is 125 cm³/mol. The van der Waals surface area contributed by atoms with E-state index in [4.69, 9.17) is 14.2 Å². The Hall–Kier alpha value is -3.67. The molecule has 172 valence electrons. The highest BCUT2D eigenvalue weighted by Gasteiger charge is 2.26. The van der Waals surface area contributed by atoms with Crippen LogP contribution in [0.3, 0.4) is 0 Å². The molecule has 1 atom stereocenters. The topological polar surface area (TPSA) is 78.9 Å². The molecule has 2 aromatic carbocycles. The van der Waals surface area contributed by atoms with E-state index >= 15 is 0 Å². The van der Waals surface area contributed by atoms with Crippen LogP contribution in [0, 0.1) is 5.92 Å². The smallest absolute Gasteiger partial charge is 0.338 e. The Labute approximate surface area is 193 Å². The summed E-state index contributed by atoms with van der Waals surface area (Å²) >= 11 is 0. The van der Waals surface area contributed by atoms with E-state index in [-0.39, 0.29) is 29.1 Å². The molecule has 0 N–H and O–H groups in total. The number of carbonyl (C=O) groups excluding carboxylic acids is 3. The lowest BCUT2D eigenvalue weighted by molar-refractivity contribution is -0.144. The van der Waals surface area contributed by atoms with Gasteiger partial charge >= 0.3 is 17.9 Å². The second-order valence-electron chi connectivity index (χ2n) is 8.53. The molecule has 1 aliphatic rings. The third-order valence-corrected chi connectivity index (χ3v) is 5.27. The standard InChI is InChI=1S/C27H28O6/c1-15(2)25(28)31-22-11-9-20-13-18(7-10-21(20)22)19-8-12-23(32-26(29)16(3)4)24(14-19)33-27(30)17(5)6/h7-8,10,12-14,16,22H,1,5,9,11H2,2-4,6H3. The molecule has 6 nitrogen and oxygen atoms in total. The fourth-order valence-electron chi connectivity index (χ4n) is 3.38. The molecule has 1 aliphatic carbocycles. The molecule has 2 aromatic rings. The van der Waals surface area contributed by atoms with Gasteiger partial charge in [0, 0.05) is 11.1 Å². The van der Waals surface area contributed by atoms with Gasteiger partial charge in [0.05, 0.1) is 5.92 Å². The highest BCUT2D eigenvalue weighted by atomic mass is 16.6. The number of ether oxygens (including phenoxy) is 3. The van der Waals surface area contributed by atoms with Crippen molar-refractivity contribution in [1.82, 2.24) is 0 Å². The first-order valence-electron chi connectivity index (χ1n) is 10.8. The van der Waals surface area contributed by atoms with Crippen LogP contribution in [0.5, 0.6) is 11.5 Å². The van der Waals surface area contributed by atoms with E-state index in [1.807, 2.05) is 18.2 Å². The van der Waals surface area contributed by atoms with Crippen LogP contribution in [0.25, 0.3) is 11.1 Å². The molecule has 0 fully saturated rings. The Kier molecular flexibility index (Phi) is 7.16. The molecule has 0 spiro atoms. The van der Waals surface area contributed by atoms with Crippen molar-refractivity contribution in [3.63, 3.8) is 0 Å². The van der Waals surface area contributed by atoms with Gasteiger partial charge in [0.2, 0.25) is 0 Å². The van der Waals surface area contributed by atoms with Crippen LogP contribution in [-0.4, -0.2) is 17.9 Å². The van der Waals surface area contributed by atoms with Crippen molar-refractivity contribution in [1.29, 1.82) is 0 Å². The molecule has 33 heavy (non-hydrogen) atoms. The second kappa shape index (κ2) is 9.86.